The van der Waals surface area contributed by atoms with Gasteiger partial charge < -0.3 is 20.5 Å². The van der Waals surface area contributed by atoms with E-state index in [1.165, 1.54) is 11.1 Å². The van der Waals surface area contributed by atoms with Crippen molar-refractivity contribution in [2.75, 3.05) is 25.5 Å². The van der Waals surface area contributed by atoms with E-state index in [4.69, 9.17) is 21.4 Å². The summed E-state index contributed by atoms with van der Waals surface area (Å²) in [5.74, 6) is 0.196. The molecule has 3 rings (SSSR count). The summed E-state index contributed by atoms with van der Waals surface area (Å²) in [6.07, 6.45) is -4.35. The Morgan fingerprint density at radius 3 is 2.41 bits per heavy atom. The van der Waals surface area contributed by atoms with Crippen molar-refractivity contribution in [3.05, 3.63) is 58.1 Å². The van der Waals surface area contributed by atoms with Crippen molar-refractivity contribution in [1.82, 2.24) is 5.32 Å². The number of benzene rings is 2. The molecule has 0 aromatic heterocycles. The van der Waals surface area contributed by atoms with Crippen LogP contribution in [-0.4, -0.2) is 37.6 Å². The molecule has 3 N–H and O–H groups in total. The minimum Gasteiger partial charge on any atom is -0.481 e. The van der Waals surface area contributed by atoms with Crippen LogP contribution < -0.4 is 15.4 Å². The van der Waals surface area contributed by atoms with Crippen molar-refractivity contribution >= 4 is 17.3 Å². The van der Waals surface area contributed by atoms with E-state index in [1.54, 1.807) is 24.3 Å². The summed E-state index contributed by atoms with van der Waals surface area (Å²) in [6, 6.07) is 10.6. The standard InChI is InChI=1S/C20H22ClF3N2O.CH4O/c1-13(20(22,23)24)27-16-5-2-14(3-6-16)12-26-19-17-9-11-25-10-8-15(17)4-7-18(19)21;1-2/h2-7,13,25-26H,8-12H2,1H3;2H,1H3. The van der Waals surface area contributed by atoms with Crippen molar-refractivity contribution in [3.8, 4) is 5.75 Å². The number of nitrogens with one attached hydrogen (secondary N) is 2. The van der Waals surface area contributed by atoms with E-state index in [0.717, 1.165) is 51.2 Å². The second-order valence-corrected chi connectivity index (χ2v) is 7.02. The maximum absolute atomic E-state index is 12.6. The molecule has 0 saturated heterocycles. The molecule has 0 aliphatic carbocycles. The third-order valence-electron chi connectivity index (χ3n) is 4.65. The molecule has 1 atom stereocenters. The molecule has 8 heteroatoms. The molecule has 0 amide bonds. The number of fused-ring (bicyclic) bond motifs is 1. The third kappa shape index (κ3) is 6.52. The summed E-state index contributed by atoms with van der Waals surface area (Å²) in [7, 11) is 1.00. The maximum Gasteiger partial charge on any atom is 0.425 e. The molecule has 4 nitrogen and oxygen atoms in total. The molecule has 2 aromatic carbocycles. The number of aliphatic hydroxyl groups excluding tert-OH is 1. The molecule has 1 aliphatic heterocycles. The molecule has 29 heavy (non-hydrogen) atoms. The van der Waals surface area contributed by atoms with E-state index in [0.29, 0.717) is 11.6 Å². The van der Waals surface area contributed by atoms with Gasteiger partial charge in [-0.25, -0.2) is 0 Å². The molecule has 0 fully saturated rings. The predicted molar refractivity (Wildman–Crippen MR) is 110 cm³/mol. The van der Waals surface area contributed by atoms with Crippen LogP contribution in [0.2, 0.25) is 5.02 Å². The van der Waals surface area contributed by atoms with Gasteiger partial charge in [-0.05, 0) is 67.7 Å². The van der Waals surface area contributed by atoms with Gasteiger partial charge in [-0.15, -0.1) is 0 Å². The number of alkyl halides is 3. The van der Waals surface area contributed by atoms with E-state index in [1.807, 2.05) is 6.07 Å². The Bertz CT molecular complexity index is 783. The molecule has 0 bridgehead atoms. The molecule has 160 valence electrons. The number of aliphatic hydroxyl groups is 1. The summed E-state index contributed by atoms with van der Waals surface area (Å²) in [4.78, 5) is 0. The van der Waals surface area contributed by atoms with E-state index in [-0.39, 0.29) is 5.75 Å². The quantitative estimate of drug-likeness (QED) is 0.650. The highest BCUT2D eigenvalue weighted by Gasteiger charge is 2.38. The summed E-state index contributed by atoms with van der Waals surface area (Å²) in [6.45, 7) is 3.38. The third-order valence-corrected chi connectivity index (χ3v) is 4.96. The van der Waals surface area contributed by atoms with Gasteiger partial charge in [0.05, 0.1) is 10.7 Å². The van der Waals surface area contributed by atoms with Gasteiger partial charge in [0.15, 0.2) is 6.10 Å². The Hall–Kier alpha value is -1.96. The van der Waals surface area contributed by atoms with Crippen LogP contribution in [0.5, 0.6) is 5.75 Å². The molecule has 1 unspecified atom stereocenters. The van der Waals surface area contributed by atoms with Gasteiger partial charge in [-0.3, -0.25) is 0 Å². The first-order chi connectivity index (χ1) is 13.8. The van der Waals surface area contributed by atoms with Crippen LogP contribution >= 0.6 is 11.6 Å². The first-order valence-corrected chi connectivity index (χ1v) is 9.74. The van der Waals surface area contributed by atoms with Crippen LogP contribution in [0, 0.1) is 0 Å². The van der Waals surface area contributed by atoms with Crippen molar-refractivity contribution < 1.29 is 23.0 Å². The lowest BCUT2D eigenvalue weighted by Gasteiger charge is -2.18. The number of rotatable bonds is 5. The molecule has 0 radical (unpaired) electrons. The predicted octanol–water partition coefficient (Wildman–Crippen LogP) is 4.58. The number of anilines is 1. The Labute approximate surface area is 174 Å². The maximum atomic E-state index is 12.6. The van der Waals surface area contributed by atoms with Gasteiger partial charge in [0.1, 0.15) is 5.75 Å². The van der Waals surface area contributed by atoms with Crippen LogP contribution in [0.25, 0.3) is 0 Å². The minimum absolute atomic E-state index is 0.196. The molecule has 0 saturated carbocycles. The number of ether oxygens (including phenoxy) is 1. The second-order valence-electron chi connectivity index (χ2n) is 6.61. The molecular formula is C21H26ClF3N2O2. The zero-order valence-corrected chi connectivity index (χ0v) is 17.2. The Morgan fingerprint density at radius 2 is 1.76 bits per heavy atom. The van der Waals surface area contributed by atoms with E-state index in [2.05, 4.69) is 16.7 Å². The van der Waals surface area contributed by atoms with E-state index < -0.39 is 12.3 Å². The fourth-order valence-electron chi connectivity index (χ4n) is 3.08. The highest BCUT2D eigenvalue weighted by atomic mass is 35.5. The first kappa shape index (κ1) is 23.3. The summed E-state index contributed by atoms with van der Waals surface area (Å²) in [5.41, 5.74) is 4.38. The molecule has 1 aliphatic rings. The lowest BCUT2D eigenvalue weighted by atomic mass is 10.0. The van der Waals surface area contributed by atoms with Crippen molar-refractivity contribution in [2.45, 2.75) is 38.6 Å². The summed E-state index contributed by atoms with van der Waals surface area (Å²) >= 11 is 6.40. The first-order valence-electron chi connectivity index (χ1n) is 9.36. The van der Waals surface area contributed by atoms with Gasteiger partial charge in [0, 0.05) is 13.7 Å². The van der Waals surface area contributed by atoms with Gasteiger partial charge in [0.2, 0.25) is 0 Å². The Kier molecular flexibility index (Phi) is 8.61. The Morgan fingerprint density at radius 1 is 1.10 bits per heavy atom. The zero-order chi connectivity index (χ0) is 21.4. The van der Waals surface area contributed by atoms with Crippen LogP contribution in [0.4, 0.5) is 18.9 Å². The summed E-state index contributed by atoms with van der Waals surface area (Å²) < 4.78 is 42.7. The van der Waals surface area contributed by atoms with Gasteiger partial charge in [-0.2, -0.15) is 13.2 Å². The smallest absolute Gasteiger partial charge is 0.425 e. The lowest BCUT2D eigenvalue weighted by molar-refractivity contribution is -0.189. The zero-order valence-electron chi connectivity index (χ0n) is 16.4. The second kappa shape index (κ2) is 10.7. The van der Waals surface area contributed by atoms with Gasteiger partial charge in [-0.1, -0.05) is 29.8 Å². The van der Waals surface area contributed by atoms with Crippen molar-refractivity contribution in [1.29, 1.82) is 0 Å². The van der Waals surface area contributed by atoms with Crippen LogP contribution in [0.3, 0.4) is 0 Å². The largest absolute Gasteiger partial charge is 0.481 e. The number of halogens is 4. The summed E-state index contributed by atoms with van der Waals surface area (Å²) in [5, 5.41) is 14.4. The Balaban J connectivity index is 0.00000145. The number of hydrogen-bond donors (Lipinski definition) is 3. The monoisotopic (exact) mass is 430 g/mol. The molecular weight excluding hydrogens is 405 g/mol. The van der Waals surface area contributed by atoms with Crippen LogP contribution in [0.15, 0.2) is 36.4 Å². The van der Waals surface area contributed by atoms with Crippen LogP contribution in [-0.2, 0) is 19.4 Å². The van der Waals surface area contributed by atoms with Crippen molar-refractivity contribution in [3.63, 3.8) is 0 Å². The topological polar surface area (TPSA) is 53.5 Å². The van der Waals surface area contributed by atoms with Crippen molar-refractivity contribution in [2.24, 2.45) is 0 Å². The highest BCUT2D eigenvalue weighted by molar-refractivity contribution is 6.33. The highest BCUT2D eigenvalue weighted by Crippen LogP contribution is 2.31. The van der Waals surface area contributed by atoms with Gasteiger partial charge >= 0.3 is 6.18 Å². The number of hydrogen-bond acceptors (Lipinski definition) is 4. The molecule has 1 heterocycles. The lowest BCUT2D eigenvalue weighted by Crippen LogP contribution is -2.31. The SMILES string of the molecule is CC(Oc1ccc(CNc2c(Cl)ccc3c2CCNCC3)cc1)C(F)(F)F.CO. The van der Waals surface area contributed by atoms with E-state index in [9.17, 15) is 13.2 Å². The fraction of sp³-hybridized carbons (Fsp3) is 0.429. The fourth-order valence-corrected chi connectivity index (χ4v) is 3.33. The minimum atomic E-state index is -4.38. The average Bonchev–Trinajstić information content (AvgIpc) is 2.95. The molecule has 0 spiro atoms. The van der Waals surface area contributed by atoms with Gasteiger partial charge in [0.25, 0.3) is 0 Å². The normalized spacial score (nSPS) is 14.7. The molecule has 2 aromatic rings. The van der Waals surface area contributed by atoms with Crippen LogP contribution in [0.1, 0.15) is 23.6 Å². The average molecular weight is 431 g/mol. The van der Waals surface area contributed by atoms with E-state index >= 15 is 0 Å².